The second kappa shape index (κ2) is 2.46. The summed E-state index contributed by atoms with van der Waals surface area (Å²) in [6.07, 6.45) is 4.37. The molecule has 0 atom stereocenters. The zero-order chi connectivity index (χ0) is 6.81. The Balaban J connectivity index is 2.28. The van der Waals surface area contributed by atoms with Gasteiger partial charge in [-0.05, 0) is 24.6 Å². The summed E-state index contributed by atoms with van der Waals surface area (Å²) in [5.74, 6) is 0. The predicted molar refractivity (Wildman–Crippen MR) is 41.1 cm³/mol. The molecule has 0 bridgehead atoms. The average molecular weight is 136 g/mol. The molecule has 0 saturated heterocycles. The van der Waals surface area contributed by atoms with Crippen molar-refractivity contribution in [2.24, 2.45) is 0 Å². The number of aromatic nitrogens is 1. The van der Waals surface area contributed by atoms with Crippen molar-refractivity contribution >= 4 is 0 Å². The first kappa shape index (κ1) is 5.98. The maximum absolute atomic E-state index is 3.36. The van der Waals surface area contributed by atoms with Gasteiger partial charge in [0.2, 0.25) is 0 Å². The van der Waals surface area contributed by atoms with E-state index in [0.29, 0.717) is 0 Å². The molecule has 1 aliphatic heterocycles. The number of hydrogen-bond donors (Lipinski definition) is 2. The molecule has 2 N–H and O–H groups in total. The summed E-state index contributed by atoms with van der Waals surface area (Å²) in [6, 6.07) is 2.18. The highest BCUT2D eigenvalue weighted by Crippen LogP contribution is 2.09. The Bertz CT molecular complexity index is 194. The summed E-state index contributed by atoms with van der Waals surface area (Å²) in [5, 5.41) is 3.36. The fraction of sp³-hybridized carbons (Fsp3) is 0.500. The van der Waals surface area contributed by atoms with Crippen molar-refractivity contribution in [2.45, 2.75) is 12.8 Å². The lowest BCUT2D eigenvalue weighted by Crippen LogP contribution is -2.16. The fourth-order valence-electron chi connectivity index (χ4n) is 1.46. The minimum absolute atomic E-state index is 1.12. The van der Waals surface area contributed by atoms with E-state index >= 15 is 0 Å². The third-order valence-electron chi connectivity index (χ3n) is 2.05. The molecular formula is C8H12N2. The molecule has 0 saturated carbocycles. The fourth-order valence-corrected chi connectivity index (χ4v) is 1.46. The van der Waals surface area contributed by atoms with Crippen LogP contribution in [0.3, 0.4) is 0 Å². The molecule has 10 heavy (non-hydrogen) atoms. The molecule has 0 spiro atoms. The van der Waals surface area contributed by atoms with Crippen LogP contribution >= 0.6 is 0 Å². The second-order valence-electron chi connectivity index (χ2n) is 2.73. The lowest BCUT2D eigenvalue weighted by molar-refractivity contribution is 0.707. The number of nitrogens with one attached hydrogen (secondary N) is 2. The topological polar surface area (TPSA) is 27.8 Å². The molecule has 0 aliphatic carbocycles. The summed E-state index contributed by atoms with van der Waals surface area (Å²) >= 11 is 0. The van der Waals surface area contributed by atoms with Crippen molar-refractivity contribution in [3.63, 3.8) is 0 Å². The minimum atomic E-state index is 1.12. The summed E-state index contributed by atoms with van der Waals surface area (Å²) in [4.78, 5) is 3.26. The molecule has 1 aliphatic rings. The molecule has 2 heteroatoms. The number of rotatable bonds is 0. The van der Waals surface area contributed by atoms with Crippen molar-refractivity contribution in [3.8, 4) is 0 Å². The number of fused-ring (bicyclic) bond motifs is 1. The van der Waals surface area contributed by atoms with Crippen molar-refractivity contribution in [1.82, 2.24) is 10.3 Å². The van der Waals surface area contributed by atoms with Gasteiger partial charge >= 0.3 is 0 Å². The Morgan fingerprint density at radius 1 is 1.20 bits per heavy atom. The molecule has 2 heterocycles. The number of aromatic amines is 1. The Kier molecular flexibility index (Phi) is 1.47. The molecular weight excluding hydrogens is 124 g/mol. The SMILES string of the molecule is c1cc2c([nH]1)CCNCC2. The molecule has 0 unspecified atom stereocenters. The van der Waals surface area contributed by atoms with E-state index in [1.807, 2.05) is 6.20 Å². The van der Waals surface area contributed by atoms with Gasteiger partial charge in [0.1, 0.15) is 0 Å². The monoisotopic (exact) mass is 136 g/mol. The number of hydrogen-bond acceptors (Lipinski definition) is 1. The van der Waals surface area contributed by atoms with Crippen molar-refractivity contribution in [1.29, 1.82) is 0 Å². The van der Waals surface area contributed by atoms with Crippen molar-refractivity contribution in [2.75, 3.05) is 13.1 Å². The summed E-state index contributed by atoms with van der Waals surface area (Å²) < 4.78 is 0. The first-order valence-corrected chi connectivity index (χ1v) is 3.82. The van der Waals surface area contributed by atoms with Gasteiger partial charge < -0.3 is 10.3 Å². The van der Waals surface area contributed by atoms with E-state index in [-0.39, 0.29) is 0 Å². The van der Waals surface area contributed by atoms with Crippen molar-refractivity contribution < 1.29 is 0 Å². The van der Waals surface area contributed by atoms with E-state index in [9.17, 15) is 0 Å². The lowest BCUT2D eigenvalue weighted by atomic mass is 10.2. The van der Waals surface area contributed by atoms with E-state index in [1.54, 1.807) is 0 Å². The molecule has 2 rings (SSSR count). The molecule has 0 amide bonds. The van der Waals surface area contributed by atoms with Crippen LogP contribution < -0.4 is 5.32 Å². The third-order valence-corrected chi connectivity index (χ3v) is 2.05. The Morgan fingerprint density at radius 2 is 2.10 bits per heavy atom. The van der Waals surface area contributed by atoms with Gasteiger partial charge in [0.05, 0.1) is 0 Å². The Hall–Kier alpha value is -0.760. The Morgan fingerprint density at radius 3 is 3.10 bits per heavy atom. The van der Waals surface area contributed by atoms with Crippen LogP contribution in [0.5, 0.6) is 0 Å². The lowest BCUT2D eigenvalue weighted by Gasteiger charge is -1.93. The zero-order valence-electron chi connectivity index (χ0n) is 5.98. The highest BCUT2D eigenvalue weighted by atomic mass is 14.9. The van der Waals surface area contributed by atoms with Gasteiger partial charge in [-0.1, -0.05) is 0 Å². The van der Waals surface area contributed by atoms with Crippen LogP contribution in [0, 0.1) is 0 Å². The molecule has 1 aromatic rings. The summed E-state index contributed by atoms with van der Waals surface area (Å²) in [6.45, 7) is 2.25. The van der Waals surface area contributed by atoms with Gasteiger partial charge in [0.25, 0.3) is 0 Å². The molecule has 0 radical (unpaired) electrons. The van der Waals surface area contributed by atoms with Crippen LogP contribution in [0.4, 0.5) is 0 Å². The minimum Gasteiger partial charge on any atom is -0.365 e. The summed E-state index contributed by atoms with van der Waals surface area (Å²) in [7, 11) is 0. The first-order chi connectivity index (χ1) is 4.97. The van der Waals surface area contributed by atoms with E-state index in [1.165, 1.54) is 17.7 Å². The zero-order valence-corrected chi connectivity index (χ0v) is 5.98. The molecule has 0 aromatic carbocycles. The predicted octanol–water partition coefficient (Wildman–Crippen LogP) is 0.703. The highest BCUT2D eigenvalue weighted by molar-refractivity contribution is 5.22. The van der Waals surface area contributed by atoms with Gasteiger partial charge in [-0.2, -0.15) is 0 Å². The Labute approximate surface area is 60.6 Å². The van der Waals surface area contributed by atoms with Crippen LogP contribution in [0.2, 0.25) is 0 Å². The van der Waals surface area contributed by atoms with Crippen LogP contribution in [-0.4, -0.2) is 18.1 Å². The van der Waals surface area contributed by atoms with E-state index < -0.39 is 0 Å². The van der Waals surface area contributed by atoms with E-state index in [0.717, 1.165) is 19.5 Å². The normalized spacial score (nSPS) is 18.0. The maximum atomic E-state index is 3.36. The quantitative estimate of drug-likeness (QED) is 0.540. The van der Waals surface area contributed by atoms with E-state index in [2.05, 4.69) is 16.4 Å². The van der Waals surface area contributed by atoms with Crippen LogP contribution in [0.25, 0.3) is 0 Å². The molecule has 0 fully saturated rings. The number of H-pyrrole nitrogens is 1. The van der Waals surface area contributed by atoms with Gasteiger partial charge in [0.15, 0.2) is 0 Å². The third kappa shape index (κ3) is 0.948. The molecule has 1 aromatic heterocycles. The van der Waals surface area contributed by atoms with Gasteiger partial charge in [-0.25, -0.2) is 0 Å². The van der Waals surface area contributed by atoms with Crippen molar-refractivity contribution in [3.05, 3.63) is 23.5 Å². The standard InChI is InChI=1S/C8H12N2/c1-4-9-5-3-8-7(1)2-6-10-8/h2,6,9-10H,1,3-5H2. The van der Waals surface area contributed by atoms with Gasteiger partial charge in [0, 0.05) is 24.9 Å². The first-order valence-electron chi connectivity index (χ1n) is 3.82. The van der Waals surface area contributed by atoms with Gasteiger partial charge in [-0.15, -0.1) is 0 Å². The molecule has 2 nitrogen and oxygen atoms in total. The van der Waals surface area contributed by atoms with Crippen LogP contribution in [0.1, 0.15) is 11.3 Å². The van der Waals surface area contributed by atoms with E-state index in [4.69, 9.17) is 0 Å². The smallest absolute Gasteiger partial charge is 0.0192 e. The van der Waals surface area contributed by atoms with Crippen LogP contribution in [-0.2, 0) is 12.8 Å². The average Bonchev–Trinajstić information content (AvgIpc) is 2.28. The van der Waals surface area contributed by atoms with Gasteiger partial charge in [-0.3, -0.25) is 0 Å². The molecule has 54 valence electrons. The van der Waals surface area contributed by atoms with Crippen LogP contribution in [0.15, 0.2) is 12.3 Å². The maximum Gasteiger partial charge on any atom is 0.0192 e. The summed E-state index contributed by atoms with van der Waals surface area (Å²) in [5.41, 5.74) is 2.91. The second-order valence-corrected chi connectivity index (χ2v) is 2.73. The highest BCUT2D eigenvalue weighted by Gasteiger charge is 2.06. The largest absolute Gasteiger partial charge is 0.365 e.